The summed E-state index contributed by atoms with van der Waals surface area (Å²) in [6.45, 7) is 8.75. The number of methoxy groups -OCH3 is 1. The molecule has 2 saturated heterocycles. The summed E-state index contributed by atoms with van der Waals surface area (Å²) >= 11 is 0. The quantitative estimate of drug-likeness (QED) is 0.284. The molecule has 2 aliphatic rings. The van der Waals surface area contributed by atoms with Crippen molar-refractivity contribution >= 4 is 22.9 Å². The van der Waals surface area contributed by atoms with Crippen molar-refractivity contribution in [2.24, 2.45) is 0 Å². The number of hydrogen-bond donors (Lipinski definition) is 2. The van der Waals surface area contributed by atoms with Crippen LogP contribution in [-0.4, -0.2) is 71.6 Å². The Morgan fingerprint density at radius 3 is 2.51 bits per heavy atom. The van der Waals surface area contributed by atoms with Crippen LogP contribution in [0.15, 0.2) is 66.7 Å². The van der Waals surface area contributed by atoms with Crippen LogP contribution >= 0.6 is 0 Å². The van der Waals surface area contributed by atoms with Gasteiger partial charge in [0, 0.05) is 43.2 Å². The molecule has 2 aliphatic heterocycles. The van der Waals surface area contributed by atoms with Gasteiger partial charge in [0.05, 0.1) is 18.1 Å². The number of aromatic nitrogens is 2. The van der Waals surface area contributed by atoms with Crippen molar-refractivity contribution in [2.45, 2.75) is 51.0 Å². The first kappa shape index (κ1) is 27.3. The number of nitrogens with zero attached hydrogens (tertiary/aromatic N) is 3. The molecular weight excluding hydrogens is 510 g/mol. The number of ether oxygens (including phenoxy) is 1. The van der Waals surface area contributed by atoms with Crippen LogP contribution in [0.3, 0.4) is 0 Å². The molecule has 1 unspecified atom stereocenters. The van der Waals surface area contributed by atoms with Crippen LogP contribution < -0.4 is 10.1 Å². The molecule has 0 aliphatic carbocycles. The molecule has 7 heteroatoms. The number of hydrogen-bond acceptors (Lipinski definition) is 5. The normalized spacial score (nSPS) is 20.0. The van der Waals surface area contributed by atoms with Crippen LogP contribution in [-0.2, 0) is 5.41 Å². The average Bonchev–Trinajstić information content (AvgIpc) is 3.63. The number of fused-ring (bicyclic) bond motifs is 1. The number of imidazole rings is 1. The van der Waals surface area contributed by atoms with Gasteiger partial charge < -0.3 is 24.8 Å². The molecule has 4 aromatic rings. The minimum Gasteiger partial charge on any atom is -0.496 e. The third-order valence-corrected chi connectivity index (χ3v) is 9.44. The Kier molecular flexibility index (Phi) is 7.71. The van der Waals surface area contributed by atoms with Crippen LogP contribution in [0, 0.1) is 13.8 Å². The van der Waals surface area contributed by atoms with E-state index in [9.17, 15) is 4.79 Å². The maximum Gasteiger partial charge on any atom is 0.254 e. The number of piperidine rings is 1. The third-order valence-electron chi connectivity index (χ3n) is 9.44. The minimum absolute atomic E-state index is 0.0320. The first-order valence-corrected chi connectivity index (χ1v) is 14.9. The fourth-order valence-corrected chi connectivity index (χ4v) is 6.73. The second-order valence-corrected chi connectivity index (χ2v) is 11.8. The zero-order valence-corrected chi connectivity index (χ0v) is 24.5. The zero-order chi connectivity index (χ0) is 28.4. The number of carbonyl (C=O) groups is 1. The predicted molar refractivity (Wildman–Crippen MR) is 165 cm³/mol. The number of H-pyrrole nitrogens is 1. The molecule has 0 spiro atoms. The Bertz CT molecular complexity index is 1480. The van der Waals surface area contributed by atoms with E-state index in [-0.39, 0.29) is 11.3 Å². The largest absolute Gasteiger partial charge is 0.496 e. The lowest BCUT2D eigenvalue weighted by Crippen LogP contribution is -2.42. The summed E-state index contributed by atoms with van der Waals surface area (Å²) in [5.41, 5.74) is 6.21. The van der Waals surface area contributed by atoms with Crippen LogP contribution in [0.4, 0.5) is 5.95 Å². The van der Waals surface area contributed by atoms with Crippen molar-refractivity contribution in [3.63, 3.8) is 0 Å². The molecule has 7 nitrogen and oxygen atoms in total. The molecule has 41 heavy (non-hydrogen) atoms. The number of anilines is 1. The molecular formula is C34H41N5O2. The average molecular weight is 552 g/mol. The molecule has 214 valence electrons. The molecule has 1 amide bonds. The summed E-state index contributed by atoms with van der Waals surface area (Å²) in [5.74, 6) is 1.82. The van der Waals surface area contributed by atoms with E-state index in [4.69, 9.17) is 9.72 Å². The lowest BCUT2D eigenvalue weighted by Gasteiger charge is -2.36. The Labute approximate surface area is 242 Å². The van der Waals surface area contributed by atoms with Gasteiger partial charge in [0.25, 0.3) is 5.91 Å². The molecule has 3 heterocycles. The van der Waals surface area contributed by atoms with Crippen LogP contribution in [0.1, 0.15) is 52.7 Å². The Balaban J connectivity index is 1.10. The van der Waals surface area contributed by atoms with E-state index < -0.39 is 0 Å². The molecule has 2 fully saturated rings. The monoisotopic (exact) mass is 551 g/mol. The van der Waals surface area contributed by atoms with E-state index in [1.54, 1.807) is 7.11 Å². The fraction of sp³-hybridized carbons (Fsp3) is 0.412. The summed E-state index contributed by atoms with van der Waals surface area (Å²) in [6.07, 6.45) is 4.22. The van der Waals surface area contributed by atoms with Gasteiger partial charge in [0.2, 0.25) is 5.95 Å². The fourth-order valence-electron chi connectivity index (χ4n) is 6.73. The smallest absolute Gasteiger partial charge is 0.254 e. The number of amides is 1. The number of para-hydroxylation sites is 2. The van der Waals surface area contributed by atoms with E-state index >= 15 is 0 Å². The van der Waals surface area contributed by atoms with Gasteiger partial charge in [-0.1, -0.05) is 42.5 Å². The first-order chi connectivity index (χ1) is 20.0. The second-order valence-electron chi connectivity index (χ2n) is 11.8. The van der Waals surface area contributed by atoms with E-state index in [1.807, 2.05) is 44.2 Å². The van der Waals surface area contributed by atoms with E-state index in [2.05, 4.69) is 56.5 Å². The van der Waals surface area contributed by atoms with Crippen molar-refractivity contribution in [2.75, 3.05) is 45.2 Å². The van der Waals surface area contributed by atoms with Gasteiger partial charge in [0.1, 0.15) is 5.75 Å². The van der Waals surface area contributed by atoms with Gasteiger partial charge in [0.15, 0.2) is 0 Å². The molecule has 0 bridgehead atoms. The number of benzene rings is 3. The number of carbonyl (C=O) groups excluding carboxylic acids is 1. The summed E-state index contributed by atoms with van der Waals surface area (Å²) < 4.78 is 5.48. The lowest BCUT2D eigenvalue weighted by atomic mass is 9.76. The lowest BCUT2D eigenvalue weighted by molar-refractivity contribution is 0.0779. The van der Waals surface area contributed by atoms with Gasteiger partial charge in [-0.2, -0.15) is 0 Å². The van der Waals surface area contributed by atoms with Crippen molar-refractivity contribution in [3.05, 3.63) is 89.0 Å². The van der Waals surface area contributed by atoms with Crippen molar-refractivity contribution in [1.29, 1.82) is 0 Å². The summed E-state index contributed by atoms with van der Waals surface area (Å²) in [7, 11) is 1.68. The SMILES string of the molecule is COc1ccc(C(=O)N2CCC(CCN3CCC(Nc4nc5ccccc5[nH]4)CC3)(c3ccccc3)C2)c(C)c1C. The zero-order valence-electron chi connectivity index (χ0n) is 24.5. The number of nitrogens with one attached hydrogen (secondary N) is 2. The number of aromatic amines is 1. The molecule has 1 atom stereocenters. The van der Waals surface area contributed by atoms with E-state index in [0.29, 0.717) is 6.04 Å². The Morgan fingerprint density at radius 2 is 1.76 bits per heavy atom. The van der Waals surface area contributed by atoms with Crippen molar-refractivity contribution < 1.29 is 9.53 Å². The molecule has 1 aromatic heterocycles. The molecule has 0 radical (unpaired) electrons. The highest BCUT2D eigenvalue weighted by atomic mass is 16.5. The molecule has 2 N–H and O–H groups in total. The van der Waals surface area contributed by atoms with Gasteiger partial charge >= 0.3 is 0 Å². The van der Waals surface area contributed by atoms with Crippen molar-refractivity contribution in [3.8, 4) is 5.75 Å². The van der Waals surface area contributed by atoms with Gasteiger partial charge in [-0.25, -0.2) is 4.98 Å². The first-order valence-electron chi connectivity index (χ1n) is 14.9. The minimum atomic E-state index is -0.0320. The molecule has 3 aromatic carbocycles. The number of rotatable bonds is 8. The standard InChI is InChI=1S/C34H41N5O2/c1-24-25(2)31(41-3)14-13-28(24)32(40)39-22-18-34(23-39,26-9-5-4-6-10-26)17-21-38-19-15-27(16-20-38)35-33-36-29-11-7-8-12-30(29)37-33/h4-14,27H,15-23H2,1-3H3,(H2,35,36,37). The van der Waals surface area contributed by atoms with E-state index in [0.717, 1.165) is 97.8 Å². The Hall–Kier alpha value is -3.84. The van der Waals surface area contributed by atoms with E-state index in [1.165, 1.54) is 5.56 Å². The highest BCUT2D eigenvalue weighted by molar-refractivity contribution is 5.96. The second kappa shape index (κ2) is 11.6. The highest BCUT2D eigenvalue weighted by Gasteiger charge is 2.42. The topological polar surface area (TPSA) is 73.5 Å². The van der Waals surface area contributed by atoms with Crippen LogP contribution in [0.2, 0.25) is 0 Å². The predicted octanol–water partition coefficient (Wildman–Crippen LogP) is 5.94. The maximum atomic E-state index is 13.7. The van der Waals surface area contributed by atoms with Gasteiger partial charge in [-0.05, 0) is 87.0 Å². The summed E-state index contributed by atoms with van der Waals surface area (Å²) in [5, 5.41) is 3.63. The summed E-state index contributed by atoms with van der Waals surface area (Å²) in [4.78, 5) is 26.5. The maximum absolute atomic E-state index is 13.7. The molecule has 0 saturated carbocycles. The Morgan fingerprint density at radius 1 is 1.00 bits per heavy atom. The third kappa shape index (κ3) is 5.55. The van der Waals surface area contributed by atoms with Gasteiger partial charge in [-0.3, -0.25) is 4.79 Å². The van der Waals surface area contributed by atoms with Gasteiger partial charge in [-0.15, -0.1) is 0 Å². The summed E-state index contributed by atoms with van der Waals surface area (Å²) in [6, 6.07) is 23.3. The highest BCUT2D eigenvalue weighted by Crippen LogP contribution is 2.39. The number of likely N-dealkylation sites (tertiary alicyclic amines) is 2. The molecule has 6 rings (SSSR count). The van der Waals surface area contributed by atoms with Crippen LogP contribution in [0.5, 0.6) is 5.75 Å². The van der Waals surface area contributed by atoms with Crippen molar-refractivity contribution in [1.82, 2.24) is 19.8 Å². The van der Waals surface area contributed by atoms with Crippen LogP contribution in [0.25, 0.3) is 11.0 Å².